The Morgan fingerprint density at radius 1 is 1.26 bits per heavy atom. The van der Waals surface area contributed by atoms with Gasteiger partial charge in [0.1, 0.15) is 24.5 Å². The van der Waals surface area contributed by atoms with Crippen LogP contribution in [-0.4, -0.2) is 65.9 Å². The van der Waals surface area contributed by atoms with Crippen LogP contribution in [0.1, 0.15) is 47.0 Å². The molecule has 0 aromatic carbocycles. The number of hydrogen-bond donors (Lipinski definition) is 3. The summed E-state index contributed by atoms with van der Waals surface area (Å²) in [6.07, 6.45) is -5.70. The van der Waals surface area contributed by atoms with Gasteiger partial charge < -0.3 is 20.9 Å². The van der Waals surface area contributed by atoms with Crippen LogP contribution < -0.4 is 16.0 Å². The summed E-state index contributed by atoms with van der Waals surface area (Å²) in [6.45, 7) is 7.89. The molecule has 3 fully saturated rings. The topological polar surface area (TPSA) is 131 Å². The highest BCUT2D eigenvalue weighted by molar-refractivity contribution is 5.94. The first-order valence-electron chi connectivity index (χ1n) is 11.8. The average Bonchev–Trinajstić information content (AvgIpc) is 3.09. The second-order valence-electron chi connectivity index (χ2n) is 10.7. The number of alkyl halides is 3. The zero-order valence-corrected chi connectivity index (χ0v) is 20.2. The summed E-state index contributed by atoms with van der Waals surface area (Å²) in [6, 6.07) is -1.07. The molecule has 9 nitrogen and oxygen atoms in total. The van der Waals surface area contributed by atoms with Gasteiger partial charge in [-0.3, -0.25) is 19.2 Å². The average molecular weight is 500 g/mol. The van der Waals surface area contributed by atoms with Crippen LogP contribution in [0.5, 0.6) is 0 Å². The highest BCUT2D eigenvalue weighted by Crippen LogP contribution is 2.65. The number of nitrogens with zero attached hydrogens (tertiary/aromatic N) is 2. The third-order valence-corrected chi connectivity index (χ3v) is 7.53. The number of nitriles is 1. The maximum atomic E-state index is 13.4. The van der Waals surface area contributed by atoms with Crippen molar-refractivity contribution in [2.75, 3.05) is 13.1 Å². The van der Waals surface area contributed by atoms with E-state index in [1.54, 1.807) is 13.8 Å². The van der Waals surface area contributed by atoms with Gasteiger partial charge in [0.25, 0.3) is 0 Å². The van der Waals surface area contributed by atoms with Gasteiger partial charge in [-0.15, -0.1) is 0 Å². The highest BCUT2D eigenvalue weighted by atomic mass is 19.4. The van der Waals surface area contributed by atoms with Gasteiger partial charge in [0.05, 0.1) is 6.07 Å². The van der Waals surface area contributed by atoms with E-state index in [9.17, 15) is 37.6 Å². The molecular weight excluding hydrogens is 467 g/mol. The summed E-state index contributed by atoms with van der Waals surface area (Å²) in [5.41, 5.74) is -0.223. The van der Waals surface area contributed by atoms with Crippen LogP contribution in [0.2, 0.25) is 0 Å². The second-order valence-corrected chi connectivity index (χ2v) is 10.7. The Morgan fingerprint density at radius 2 is 1.91 bits per heavy atom. The lowest BCUT2D eigenvalue weighted by molar-refractivity contribution is -0.156. The molecule has 3 unspecified atom stereocenters. The summed E-state index contributed by atoms with van der Waals surface area (Å²) in [7, 11) is 0. The molecule has 0 aromatic heterocycles. The van der Waals surface area contributed by atoms with E-state index < -0.39 is 54.4 Å². The zero-order chi connectivity index (χ0) is 26.3. The Kier molecular flexibility index (Phi) is 7.39. The molecule has 3 aliphatic rings. The van der Waals surface area contributed by atoms with E-state index in [4.69, 9.17) is 0 Å². The molecule has 0 radical (unpaired) electrons. The number of hydrogen-bond acceptors (Lipinski definition) is 5. The van der Waals surface area contributed by atoms with Crippen molar-refractivity contribution < 1.29 is 32.3 Å². The van der Waals surface area contributed by atoms with E-state index in [0.29, 0.717) is 13.0 Å². The number of likely N-dealkylation sites (tertiary alicyclic amines) is 1. The molecule has 194 valence electrons. The molecule has 1 saturated carbocycles. The second kappa shape index (κ2) is 9.66. The van der Waals surface area contributed by atoms with Crippen LogP contribution >= 0.6 is 0 Å². The smallest absolute Gasteiger partial charge is 0.356 e. The lowest BCUT2D eigenvalue weighted by Gasteiger charge is -2.34. The van der Waals surface area contributed by atoms with Gasteiger partial charge in [-0.1, -0.05) is 27.7 Å². The van der Waals surface area contributed by atoms with Gasteiger partial charge in [-0.2, -0.15) is 18.4 Å². The van der Waals surface area contributed by atoms with Gasteiger partial charge in [-0.25, -0.2) is 0 Å². The summed E-state index contributed by atoms with van der Waals surface area (Å²) in [5, 5.41) is 17.1. The molecule has 35 heavy (non-hydrogen) atoms. The molecule has 12 heteroatoms. The molecule has 2 heterocycles. The third-order valence-electron chi connectivity index (χ3n) is 7.53. The van der Waals surface area contributed by atoms with E-state index in [-0.39, 0.29) is 42.0 Å². The van der Waals surface area contributed by atoms with Gasteiger partial charge in [0.15, 0.2) is 0 Å². The highest BCUT2D eigenvalue weighted by Gasteiger charge is 2.69. The summed E-state index contributed by atoms with van der Waals surface area (Å²) < 4.78 is 37.9. The van der Waals surface area contributed by atoms with E-state index in [1.807, 2.05) is 19.9 Å². The van der Waals surface area contributed by atoms with Crippen LogP contribution in [0.4, 0.5) is 13.2 Å². The van der Waals surface area contributed by atoms with E-state index in [0.717, 1.165) is 0 Å². The van der Waals surface area contributed by atoms with Crippen molar-refractivity contribution in [2.45, 2.75) is 71.3 Å². The van der Waals surface area contributed by atoms with Crippen molar-refractivity contribution in [2.24, 2.45) is 29.1 Å². The Labute approximate surface area is 202 Å². The summed E-state index contributed by atoms with van der Waals surface area (Å²) in [4.78, 5) is 51.8. The number of fused-ring (bicyclic) bond motifs is 1. The number of nitrogens with one attached hydrogen (secondary N) is 3. The Hall–Kier alpha value is -2.84. The predicted octanol–water partition coefficient (Wildman–Crippen LogP) is 1.10. The Bertz CT molecular complexity index is 929. The van der Waals surface area contributed by atoms with Crippen LogP contribution in [-0.2, 0) is 19.2 Å². The van der Waals surface area contributed by atoms with Gasteiger partial charge in [0, 0.05) is 19.0 Å². The van der Waals surface area contributed by atoms with Gasteiger partial charge in [-0.05, 0) is 36.0 Å². The van der Waals surface area contributed by atoms with E-state index in [1.165, 1.54) is 4.90 Å². The molecule has 4 amide bonds. The summed E-state index contributed by atoms with van der Waals surface area (Å²) in [5.74, 6) is -3.71. The first-order valence-corrected chi connectivity index (χ1v) is 11.8. The minimum Gasteiger partial charge on any atom is -0.356 e. The normalized spacial score (nSPS) is 28.5. The quantitative estimate of drug-likeness (QED) is 0.460. The number of rotatable bonds is 8. The van der Waals surface area contributed by atoms with E-state index >= 15 is 0 Å². The molecule has 3 rings (SSSR count). The molecule has 0 aromatic rings. The number of carbonyl (C=O) groups excluding carboxylic acids is 4. The standard InChI is InChI=1S/C23H32F3N5O4/c1-11(2)17(30-15(32)8-23(24,25)26)21(35)31-10-14-16(22(14,3)4)18(31)20(34)29-13(9-27)7-12-5-6-28-19(12)33/h11-14,16-18H,5-8,10H2,1-4H3,(H,28,33)(H,29,34)(H,30,32)/t12-,13-,14?,16?,17-,18?/m0/s1. The minimum absolute atomic E-state index is 0.0158. The van der Waals surface area contributed by atoms with Crippen molar-refractivity contribution in [3.63, 3.8) is 0 Å². The number of amides is 4. The largest absolute Gasteiger partial charge is 0.397 e. The molecule has 0 bridgehead atoms. The van der Waals surface area contributed by atoms with Crippen LogP contribution in [0.25, 0.3) is 0 Å². The van der Waals surface area contributed by atoms with Crippen molar-refractivity contribution in [3.8, 4) is 6.07 Å². The lowest BCUT2D eigenvalue weighted by Crippen LogP contribution is -2.58. The molecule has 3 N–H and O–H groups in total. The fraction of sp³-hybridized carbons (Fsp3) is 0.783. The van der Waals surface area contributed by atoms with Gasteiger partial charge in [0.2, 0.25) is 23.6 Å². The molecule has 6 atom stereocenters. The molecular formula is C23H32F3N5O4. The van der Waals surface area contributed by atoms with Crippen LogP contribution in [0, 0.1) is 40.4 Å². The predicted molar refractivity (Wildman–Crippen MR) is 117 cm³/mol. The van der Waals surface area contributed by atoms with Crippen molar-refractivity contribution >= 4 is 23.6 Å². The molecule has 1 aliphatic carbocycles. The molecule has 0 spiro atoms. The van der Waals surface area contributed by atoms with Crippen LogP contribution in [0.15, 0.2) is 0 Å². The van der Waals surface area contributed by atoms with Gasteiger partial charge >= 0.3 is 6.18 Å². The maximum absolute atomic E-state index is 13.4. The van der Waals surface area contributed by atoms with E-state index in [2.05, 4.69) is 16.0 Å². The number of halogens is 3. The maximum Gasteiger partial charge on any atom is 0.397 e. The monoisotopic (exact) mass is 499 g/mol. The fourth-order valence-corrected chi connectivity index (χ4v) is 5.47. The number of carbonyl (C=O) groups is 4. The van der Waals surface area contributed by atoms with Crippen LogP contribution in [0.3, 0.4) is 0 Å². The molecule has 2 aliphatic heterocycles. The zero-order valence-electron chi connectivity index (χ0n) is 20.2. The van der Waals surface area contributed by atoms with Crippen molar-refractivity contribution in [1.82, 2.24) is 20.9 Å². The third kappa shape index (κ3) is 5.70. The minimum atomic E-state index is -4.71. The first kappa shape index (κ1) is 26.8. The Balaban J connectivity index is 1.75. The van der Waals surface area contributed by atoms with Crippen molar-refractivity contribution in [1.29, 1.82) is 5.26 Å². The Morgan fingerprint density at radius 3 is 2.43 bits per heavy atom. The summed E-state index contributed by atoms with van der Waals surface area (Å²) >= 11 is 0. The van der Waals surface area contributed by atoms with Crippen molar-refractivity contribution in [3.05, 3.63) is 0 Å². The SMILES string of the molecule is CC(C)[C@H](NC(=O)CC(F)(F)F)C(=O)N1CC2C(C1C(=O)N[C@H](C#N)C[C@@H]1CCNC1=O)C2(C)C. The number of piperidine rings is 1. The lowest BCUT2D eigenvalue weighted by atomic mass is 9.96. The molecule has 2 saturated heterocycles. The first-order chi connectivity index (χ1) is 16.2. The fourth-order valence-electron chi connectivity index (χ4n) is 5.47.